The van der Waals surface area contributed by atoms with Crippen molar-refractivity contribution in [2.24, 2.45) is 0 Å². The summed E-state index contributed by atoms with van der Waals surface area (Å²) in [6, 6.07) is 4.96. The Morgan fingerprint density at radius 2 is 2.00 bits per heavy atom. The van der Waals surface area contributed by atoms with Gasteiger partial charge in [-0.05, 0) is 18.4 Å². The van der Waals surface area contributed by atoms with Crippen molar-refractivity contribution in [1.82, 2.24) is 25.1 Å². The van der Waals surface area contributed by atoms with E-state index in [2.05, 4.69) is 25.5 Å². The molecule has 4 rings (SSSR count). The maximum atomic E-state index is 14.7. The summed E-state index contributed by atoms with van der Waals surface area (Å²) in [6.07, 6.45) is 1.08. The van der Waals surface area contributed by atoms with Gasteiger partial charge in [0.15, 0.2) is 5.65 Å². The van der Waals surface area contributed by atoms with Crippen LogP contribution in [0, 0.1) is 0 Å². The smallest absolute Gasteiger partial charge is 0.280 e. The molecule has 0 aliphatic carbocycles. The van der Waals surface area contributed by atoms with Crippen LogP contribution in [0.5, 0.6) is 0 Å². The van der Waals surface area contributed by atoms with Crippen molar-refractivity contribution in [3.8, 4) is 0 Å². The van der Waals surface area contributed by atoms with E-state index < -0.39 is 18.4 Å². The number of fused-ring (bicyclic) bond motifs is 1. The van der Waals surface area contributed by atoms with Gasteiger partial charge < -0.3 is 5.32 Å². The topological polar surface area (TPSA) is 69.7 Å². The molecule has 29 heavy (non-hydrogen) atoms. The number of aromatic nitrogens is 4. The van der Waals surface area contributed by atoms with E-state index in [-0.39, 0.29) is 18.5 Å². The monoisotopic (exact) mass is 408 g/mol. The number of rotatable bonds is 6. The maximum absolute atomic E-state index is 14.7. The molecule has 0 radical (unpaired) electrons. The highest BCUT2D eigenvalue weighted by molar-refractivity contribution is 5.85. The maximum Gasteiger partial charge on any atom is 0.280 e. The van der Waals surface area contributed by atoms with Crippen molar-refractivity contribution < 1.29 is 17.6 Å². The second-order valence-corrected chi connectivity index (χ2v) is 7.17. The number of halogens is 4. The Bertz CT molecular complexity index is 959. The van der Waals surface area contributed by atoms with Crippen molar-refractivity contribution in [2.45, 2.75) is 31.2 Å². The number of likely N-dealkylation sites (tertiary alicyclic amines) is 1. The molecule has 1 atom stereocenters. The van der Waals surface area contributed by atoms with Gasteiger partial charge in [-0.15, -0.1) is 0 Å². The van der Waals surface area contributed by atoms with E-state index in [0.29, 0.717) is 36.4 Å². The fourth-order valence-corrected chi connectivity index (χ4v) is 3.54. The Morgan fingerprint density at radius 3 is 2.72 bits per heavy atom. The average Bonchev–Trinajstić information content (AvgIpc) is 3.18. The third kappa shape index (κ3) is 4.31. The number of nitrogens with one attached hydrogen (secondary N) is 2. The predicted octanol–water partition coefficient (Wildman–Crippen LogP) is 3.65. The number of alkyl halides is 4. The van der Waals surface area contributed by atoms with E-state index in [1.54, 1.807) is 17.0 Å². The van der Waals surface area contributed by atoms with Crippen LogP contribution in [0.25, 0.3) is 11.0 Å². The molecule has 0 saturated carbocycles. The molecule has 1 aromatic carbocycles. The first kappa shape index (κ1) is 19.6. The Morgan fingerprint density at radius 1 is 1.21 bits per heavy atom. The van der Waals surface area contributed by atoms with Crippen molar-refractivity contribution in [3.05, 3.63) is 47.9 Å². The fraction of sp³-hybridized carbons (Fsp3) is 0.421. The SMILES string of the molecule is FC(F)c1ccc(CCN2CC[C@H](Nc3ncnc4[nH]ncc34)C(F)(F)C2)cc1. The van der Waals surface area contributed by atoms with E-state index >= 15 is 0 Å². The molecule has 1 aliphatic rings. The van der Waals surface area contributed by atoms with Gasteiger partial charge in [-0.2, -0.15) is 5.10 Å². The van der Waals surface area contributed by atoms with E-state index in [9.17, 15) is 17.6 Å². The number of aromatic amines is 1. The minimum absolute atomic E-state index is 0.0383. The Kier molecular flexibility index (Phi) is 5.35. The van der Waals surface area contributed by atoms with Crippen LogP contribution in [-0.2, 0) is 6.42 Å². The van der Waals surface area contributed by atoms with Crippen LogP contribution < -0.4 is 5.32 Å². The number of piperidine rings is 1. The fourth-order valence-electron chi connectivity index (χ4n) is 3.54. The summed E-state index contributed by atoms with van der Waals surface area (Å²) in [6.45, 7) is 0.567. The second-order valence-electron chi connectivity index (χ2n) is 7.17. The molecule has 1 saturated heterocycles. The van der Waals surface area contributed by atoms with E-state index in [1.165, 1.54) is 24.7 Å². The molecule has 0 bridgehead atoms. The van der Waals surface area contributed by atoms with E-state index in [4.69, 9.17) is 0 Å². The van der Waals surface area contributed by atoms with Gasteiger partial charge >= 0.3 is 0 Å². The minimum Gasteiger partial charge on any atom is -0.360 e. The zero-order valence-electron chi connectivity index (χ0n) is 15.5. The predicted molar refractivity (Wildman–Crippen MR) is 100 cm³/mol. The van der Waals surface area contributed by atoms with Crippen LogP contribution in [0.4, 0.5) is 23.4 Å². The average molecular weight is 408 g/mol. The normalized spacial score (nSPS) is 19.7. The van der Waals surface area contributed by atoms with Crippen LogP contribution >= 0.6 is 0 Å². The van der Waals surface area contributed by atoms with Crippen LogP contribution in [-0.4, -0.2) is 56.7 Å². The van der Waals surface area contributed by atoms with Gasteiger partial charge in [0, 0.05) is 18.7 Å². The summed E-state index contributed by atoms with van der Waals surface area (Å²) in [7, 11) is 0. The molecule has 1 fully saturated rings. The Balaban J connectivity index is 1.35. The lowest BCUT2D eigenvalue weighted by molar-refractivity contribution is -0.0734. The number of hydrogen-bond donors (Lipinski definition) is 2. The summed E-state index contributed by atoms with van der Waals surface area (Å²) in [5.41, 5.74) is 1.30. The quantitative estimate of drug-likeness (QED) is 0.610. The first-order valence-corrected chi connectivity index (χ1v) is 9.30. The first-order chi connectivity index (χ1) is 13.9. The lowest BCUT2D eigenvalue weighted by Gasteiger charge is -2.38. The molecule has 3 heterocycles. The highest BCUT2D eigenvalue weighted by Gasteiger charge is 2.44. The Labute approximate surface area is 164 Å². The summed E-state index contributed by atoms with van der Waals surface area (Å²) in [5, 5.41) is 9.98. The zero-order valence-corrected chi connectivity index (χ0v) is 15.5. The number of hydrogen-bond acceptors (Lipinski definition) is 5. The molecule has 1 aliphatic heterocycles. The second kappa shape index (κ2) is 7.94. The largest absolute Gasteiger partial charge is 0.360 e. The van der Waals surface area contributed by atoms with Gasteiger partial charge in [0.25, 0.3) is 12.3 Å². The van der Waals surface area contributed by atoms with Gasteiger partial charge in [-0.25, -0.2) is 27.5 Å². The Hall–Kier alpha value is -2.75. The third-order valence-electron chi connectivity index (χ3n) is 5.19. The molecule has 6 nitrogen and oxygen atoms in total. The molecule has 10 heteroatoms. The highest BCUT2D eigenvalue weighted by atomic mass is 19.3. The van der Waals surface area contributed by atoms with Crippen LogP contribution in [0.1, 0.15) is 24.0 Å². The molecule has 3 aromatic rings. The number of nitrogens with zero attached hydrogens (tertiary/aromatic N) is 4. The standard InChI is InChI=1S/C19H20F4N6/c20-16(21)13-3-1-12(2-4-13)5-7-29-8-6-15(19(22,23)10-29)27-17-14-9-26-28-18(14)25-11-24-17/h1-4,9,11,15-16H,5-8,10H2,(H2,24,25,26,27,28)/t15-/m0/s1. The van der Waals surface area contributed by atoms with Crippen molar-refractivity contribution in [1.29, 1.82) is 0 Å². The molecular formula is C19H20F4N6. The van der Waals surface area contributed by atoms with Gasteiger partial charge in [-0.1, -0.05) is 24.3 Å². The summed E-state index contributed by atoms with van der Waals surface area (Å²) in [4.78, 5) is 9.78. The minimum atomic E-state index is -2.95. The van der Waals surface area contributed by atoms with Crippen LogP contribution in [0.15, 0.2) is 36.8 Å². The zero-order chi connectivity index (χ0) is 20.4. The van der Waals surface area contributed by atoms with Gasteiger partial charge in [0.1, 0.15) is 12.1 Å². The molecule has 154 valence electrons. The van der Waals surface area contributed by atoms with Crippen LogP contribution in [0.2, 0.25) is 0 Å². The van der Waals surface area contributed by atoms with Gasteiger partial charge in [-0.3, -0.25) is 10.00 Å². The molecule has 0 amide bonds. The van der Waals surface area contributed by atoms with Crippen LogP contribution in [0.3, 0.4) is 0 Å². The van der Waals surface area contributed by atoms with Gasteiger partial charge in [0.05, 0.1) is 24.2 Å². The van der Waals surface area contributed by atoms with Gasteiger partial charge in [0.2, 0.25) is 0 Å². The lowest BCUT2D eigenvalue weighted by atomic mass is 9.99. The molecule has 2 aromatic heterocycles. The molecule has 0 spiro atoms. The van der Waals surface area contributed by atoms with E-state index in [1.807, 2.05) is 0 Å². The highest BCUT2D eigenvalue weighted by Crippen LogP contribution is 2.31. The molecule has 2 N–H and O–H groups in total. The summed E-state index contributed by atoms with van der Waals surface area (Å²) >= 11 is 0. The molecular weight excluding hydrogens is 388 g/mol. The van der Waals surface area contributed by atoms with E-state index in [0.717, 1.165) is 5.56 Å². The van der Waals surface area contributed by atoms with Crippen molar-refractivity contribution in [3.63, 3.8) is 0 Å². The van der Waals surface area contributed by atoms with Crippen molar-refractivity contribution in [2.75, 3.05) is 25.0 Å². The summed E-state index contributed by atoms with van der Waals surface area (Å²) < 4.78 is 54.7. The first-order valence-electron chi connectivity index (χ1n) is 9.30. The number of benzene rings is 1. The molecule has 0 unspecified atom stereocenters. The lowest BCUT2D eigenvalue weighted by Crippen LogP contribution is -2.54. The number of anilines is 1. The summed E-state index contributed by atoms with van der Waals surface area (Å²) in [5.74, 6) is -2.61. The van der Waals surface area contributed by atoms with Crippen molar-refractivity contribution >= 4 is 16.9 Å². The third-order valence-corrected chi connectivity index (χ3v) is 5.19. The number of H-pyrrole nitrogens is 1.